The fraction of sp³-hybridized carbons (Fsp3) is 0.682. The van der Waals surface area contributed by atoms with E-state index in [2.05, 4.69) is 5.32 Å². The van der Waals surface area contributed by atoms with Gasteiger partial charge in [-0.2, -0.15) is 4.31 Å². The minimum atomic E-state index is -3.73. The molecule has 0 aromatic heterocycles. The zero-order valence-electron chi connectivity index (χ0n) is 16.7. The van der Waals surface area contributed by atoms with Crippen molar-refractivity contribution in [3.05, 3.63) is 29.8 Å². The molecular formula is C22H30N2O4S. The van der Waals surface area contributed by atoms with Crippen LogP contribution in [-0.4, -0.2) is 42.4 Å². The Morgan fingerprint density at radius 1 is 1.03 bits per heavy atom. The molecule has 5 fully saturated rings. The van der Waals surface area contributed by atoms with Gasteiger partial charge in [0.05, 0.1) is 11.5 Å². The molecule has 1 saturated heterocycles. The summed E-state index contributed by atoms with van der Waals surface area (Å²) >= 11 is 0. The monoisotopic (exact) mass is 418 g/mol. The van der Waals surface area contributed by atoms with E-state index < -0.39 is 16.1 Å². The van der Waals surface area contributed by atoms with Crippen LogP contribution in [0.5, 0.6) is 0 Å². The van der Waals surface area contributed by atoms with E-state index in [1.54, 1.807) is 12.1 Å². The highest BCUT2D eigenvalue weighted by molar-refractivity contribution is 7.89. The fourth-order valence-electron chi connectivity index (χ4n) is 6.61. The number of hydrogen-bond acceptors (Lipinski definition) is 4. The summed E-state index contributed by atoms with van der Waals surface area (Å²) in [6.07, 6.45) is 7.55. The summed E-state index contributed by atoms with van der Waals surface area (Å²) in [7, 11) is -3.73. The van der Waals surface area contributed by atoms with Crippen LogP contribution in [0.4, 0.5) is 0 Å². The lowest BCUT2D eigenvalue weighted by molar-refractivity contribution is -0.128. The molecule has 4 saturated carbocycles. The first-order valence-corrected chi connectivity index (χ1v) is 12.4. The number of hydrogen-bond donors (Lipinski definition) is 2. The number of benzene rings is 1. The van der Waals surface area contributed by atoms with E-state index >= 15 is 0 Å². The van der Waals surface area contributed by atoms with Crippen molar-refractivity contribution in [2.45, 2.75) is 68.5 Å². The molecule has 1 unspecified atom stereocenters. The van der Waals surface area contributed by atoms with Gasteiger partial charge in [0.2, 0.25) is 15.9 Å². The number of carbonyl (C=O) groups excluding carboxylic acids is 1. The van der Waals surface area contributed by atoms with Gasteiger partial charge >= 0.3 is 0 Å². The molecule has 158 valence electrons. The standard InChI is InChI=1S/C22H30N2O4S/c25-13-14-3-5-19(6-4-14)29(27,28)24-7-1-2-20(24)22(26)23-21-17-9-15-8-16(11-17)12-18(21)10-15/h3-6,15-18,20-21,25H,1-2,7-13H2,(H,23,26). The van der Waals surface area contributed by atoms with Gasteiger partial charge in [-0.1, -0.05) is 12.1 Å². The van der Waals surface area contributed by atoms with E-state index in [1.165, 1.54) is 48.5 Å². The first-order chi connectivity index (χ1) is 14.0. The molecule has 4 aliphatic carbocycles. The number of nitrogens with zero attached hydrogens (tertiary/aromatic N) is 1. The third kappa shape index (κ3) is 3.41. The van der Waals surface area contributed by atoms with Crippen molar-refractivity contribution in [2.75, 3.05) is 6.54 Å². The number of nitrogens with one attached hydrogen (secondary N) is 1. The summed E-state index contributed by atoms with van der Waals surface area (Å²) in [4.78, 5) is 13.4. The van der Waals surface area contributed by atoms with Crippen LogP contribution in [0, 0.1) is 23.7 Å². The van der Waals surface area contributed by atoms with Crippen molar-refractivity contribution in [3.63, 3.8) is 0 Å². The predicted octanol–water partition coefficient (Wildman–Crippen LogP) is 2.27. The van der Waals surface area contributed by atoms with Crippen LogP contribution in [0.15, 0.2) is 29.2 Å². The van der Waals surface area contributed by atoms with E-state index in [-0.39, 0.29) is 23.5 Å². The Kier molecular flexibility index (Phi) is 4.95. The Labute approximate surface area is 172 Å². The first kappa shape index (κ1) is 19.5. The van der Waals surface area contributed by atoms with Gasteiger partial charge in [0, 0.05) is 12.6 Å². The molecule has 2 N–H and O–H groups in total. The maximum absolute atomic E-state index is 13.2. The molecule has 6 rings (SSSR count). The second kappa shape index (κ2) is 7.36. The van der Waals surface area contributed by atoms with Gasteiger partial charge in [-0.15, -0.1) is 0 Å². The van der Waals surface area contributed by atoms with Crippen LogP contribution >= 0.6 is 0 Å². The van der Waals surface area contributed by atoms with Crippen LogP contribution in [0.1, 0.15) is 50.5 Å². The lowest BCUT2D eigenvalue weighted by atomic mass is 9.54. The second-order valence-electron chi connectivity index (χ2n) is 9.54. The molecule has 0 radical (unpaired) electrons. The molecule has 1 aromatic rings. The Morgan fingerprint density at radius 2 is 1.66 bits per heavy atom. The van der Waals surface area contributed by atoms with Gasteiger partial charge in [0.1, 0.15) is 6.04 Å². The van der Waals surface area contributed by atoms with Crippen LogP contribution < -0.4 is 5.32 Å². The second-order valence-corrected chi connectivity index (χ2v) is 11.4. The maximum atomic E-state index is 13.2. The van der Waals surface area contributed by atoms with Crippen LogP contribution in [0.25, 0.3) is 0 Å². The van der Waals surface area contributed by atoms with Crippen molar-refractivity contribution >= 4 is 15.9 Å². The van der Waals surface area contributed by atoms with Crippen LogP contribution in [-0.2, 0) is 21.4 Å². The summed E-state index contributed by atoms with van der Waals surface area (Å²) < 4.78 is 27.7. The lowest BCUT2D eigenvalue weighted by Gasteiger charge is -2.54. The Bertz CT molecular complexity index is 855. The highest BCUT2D eigenvalue weighted by Crippen LogP contribution is 2.53. The van der Waals surface area contributed by atoms with Crippen molar-refractivity contribution in [1.29, 1.82) is 0 Å². The minimum absolute atomic E-state index is 0.115. The van der Waals surface area contributed by atoms with Gasteiger partial charge in [-0.05, 0) is 86.3 Å². The maximum Gasteiger partial charge on any atom is 0.243 e. The molecule has 4 bridgehead atoms. The van der Waals surface area contributed by atoms with Crippen LogP contribution in [0.2, 0.25) is 0 Å². The highest BCUT2D eigenvalue weighted by atomic mass is 32.2. The molecule has 0 spiro atoms. The van der Waals surface area contributed by atoms with Crippen LogP contribution in [0.3, 0.4) is 0 Å². The topological polar surface area (TPSA) is 86.7 Å². The van der Waals surface area contributed by atoms with Gasteiger partial charge < -0.3 is 10.4 Å². The first-order valence-electron chi connectivity index (χ1n) is 11.0. The number of aliphatic hydroxyl groups excluding tert-OH is 1. The quantitative estimate of drug-likeness (QED) is 0.768. The van der Waals surface area contributed by atoms with Crippen molar-refractivity contribution in [3.8, 4) is 0 Å². The third-order valence-corrected chi connectivity index (χ3v) is 9.68. The zero-order valence-corrected chi connectivity index (χ0v) is 17.5. The van der Waals surface area contributed by atoms with Crippen molar-refractivity contribution in [1.82, 2.24) is 9.62 Å². The molecule has 1 aromatic carbocycles. The molecule has 7 heteroatoms. The number of sulfonamides is 1. The lowest BCUT2D eigenvalue weighted by Crippen LogP contribution is -2.58. The van der Waals surface area contributed by atoms with E-state index in [0.29, 0.717) is 36.8 Å². The zero-order chi connectivity index (χ0) is 20.2. The predicted molar refractivity (Wildman–Crippen MR) is 108 cm³/mol. The average molecular weight is 419 g/mol. The minimum Gasteiger partial charge on any atom is -0.392 e. The molecule has 1 atom stereocenters. The number of aliphatic hydroxyl groups is 1. The smallest absolute Gasteiger partial charge is 0.243 e. The molecule has 6 nitrogen and oxygen atoms in total. The van der Waals surface area contributed by atoms with Crippen molar-refractivity contribution < 1.29 is 18.3 Å². The van der Waals surface area contributed by atoms with Gasteiger partial charge in [0.15, 0.2) is 0 Å². The van der Waals surface area contributed by atoms with Gasteiger partial charge in [-0.25, -0.2) is 8.42 Å². The Morgan fingerprint density at radius 3 is 2.24 bits per heavy atom. The molecule has 1 amide bonds. The molecule has 1 aliphatic heterocycles. The van der Waals surface area contributed by atoms with E-state index in [4.69, 9.17) is 0 Å². The molecule has 1 heterocycles. The van der Waals surface area contributed by atoms with E-state index in [9.17, 15) is 18.3 Å². The largest absolute Gasteiger partial charge is 0.392 e. The third-order valence-electron chi connectivity index (χ3n) is 7.75. The summed E-state index contributed by atoms with van der Waals surface area (Å²) in [6.45, 7) is 0.254. The Balaban J connectivity index is 1.31. The summed E-state index contributed by atoms with van der Waals surface area (Å²) in [5.74, 6) is 2.72. The highest BCUT2D eigenvalue weighted by Gasteiger charge is 2.49. The summed E-state index contributed by atoms with van der Waals surface area (Å²) in [5, 5.41) is 12.5. The number of amides is 1. The number of rotatable bonds is 5. The Hall–Kier alpha value is -1.44. The SMILES string of the molecule is O=C(NC1C2CC3CC(C2)CC1C3)C1CCCN1S(=O)(=O)c1ccc(CO)cc1. The number of carbonyl (C=O) groups is 1. The van der Waals surface area contributed by atoms with E-state index in [0.717, 1.165) is 11.8 Å². The summed E-state index contributed by atoms with van der Waals surface area (Å²) in [5.41, 5.74) is 0.668. The normalized spacial score (nSPS) is 36.4. The van der Waals surface area contributed by atoms with Crippen molar-refractivity contribution in [2.24, 2.45) is 23.7 Å². The fourth-order valence-corrected chi connectivity index (χ4v) is 8.27. The van der Waals surface area contributed by atoms with E-state index in [1.807, 2.05) is 0 Å². The average Bonchev–Trinajstić information content (AvgIpc) is 3.21. The van der Waals surface area contributed by atoms with Gasteiger partial charge in [0.25, 0.3) is 0 Å². The molecular weight excluding hydrogens is 388 g/mol. The van der Waals surface area contributed by atoms with Gasteiger partial charge in [-0.3, -0.25) is 4.79 Å². The molecule has 5 aliphatic rings. The summed E-state index contributed by atoms with van der Waals surface area (Å²) in [6, 6.07) is 5.89. The molecule has 29 heavy (non-hydrogen) atoms.